The number of hydrogen-bond donors (Lipinski definition) is 1. The predicted molar refractivity (Wildman–Crippen MR) is 71.6 cm³/mol. The van der Waals surface area contributed by atoms with Crippen molar-refractivity contribution in [3.05, 3.63) is 41.2 Å². The minimum Gasteiger partial charge on any atom is -0.466 e. The third-order valence-electron chi connectivity index (χ3n) is 3.00. The average Bonchev–Trinajstić information content (AvgIpc) is 2.69. The second kappa shape index (κ2) is 5.21. The summed E-state index contributed by atoms with van der Waals surface area (Å²) < 4.78 is 5.55. The van der Waals surface area contributed by atoms with E-state index in [1.54, 1.807) is 6.33 Å². The van der Waals surface area contributed by atoms with Crippen LogP contribution in [0, 0.1) is 13.8 Å². The molecule has 18 heavy (non-hydrogen) atoms. The van der Waals surface area contributed by atoms with Crippen LogP contribution in [0.1, 0.15) is 42.7 Å². The van der Waals surface area contributed by atoms with Crippen LogP contribution >= 0.6 is 0 Å². The van der Waals surface area contributed by atoms with Gasteiger partial charge < -0.3 is 9.73 Å². The Hall–Kier alpha value is -1.84. The molecule has 0 aliphatic rings. The van der Waals surface area contributed by atoms with Crippen molar-refractivity contribution in [1.82, 2.24) is 9.97 Å². The second-order valence-corrected chi connectivity index (χ2v) is 4.48. The predicted octanol–water partition coefficient (Wildman–Crippen LogP) is 3.42. The first-order valence-corrected chi connectivity index (χ1v) is 6.24. The van der Waals surface area contributed by atoms with Gasteiger partial charge in [0.25, 0.3) is 0 Å². The van der Waals surface area contributed by atoms with Crippen LogP contribution in [0.4, 0.5) is 5.82 Å². The van der Waals surface area contributed by atoms with Crippen LogP contribution in [0.15, 0.2) is 22.9 Å². The molecule has 0 fully saturated rings. The smallest absolute Gasteiger partial charge is 0.130 e. The minimum atomic E-state index is 0.169. The maximum absolute atomic E-state index is 5.55. The summed E-state index contributed by atoms with van der Waals surface area (Å²) in [5.74, 6) is 2.75. The Bertz CT molecular complexity index is 534. The third kappa shape index (κ3) is 2.70. The summed E-state index contributed by atoms with van der Waals surface area (Å²) in [7, 11) is 0. The SMILES string of the molecule is CCc1cc(NC(C)c2cc(C)oc2C)ncn1. The highest BCUT2D eigenvalue weighted by atomic mass is 16.3. The summed E-state index contributed by atoms with van der Waals surface area (Å²) in [6.45, 7) is 8.13. The number of anilines is 1. The van der Waals surface area contributed by atoms with E-state index in [4.69, 9.17) is 4.42 Å². The molecule has 0 aromatic carbocycles. The number of aromatic nitrogens is 2. The minimum absolute atomic E-state index is 0.169. The normalized spacial score (nSPS) is 12.4. The molecule has 0 amide bonds. The summed E-state index contributed by atoms with van der Waals surface area (Å²) >= 11 is 0. The summed E-state index contributed by atoms with van der Waals surface area (Å²) in [6.07, 6.45) is 2.51. The fourth-order valence-electron chi connectivity index (χ4n) is 2.05. The van der Waals surface area contributed by atoms with Gasteiger partial charge in [0, 0.05) is 17.3 Å². The van der Waals surface area contributed by atoms with Crippen molar-refractivity contribution in [3.63, 3.8) is 0 Å². The third-order valence-corrected chi connectivity index (χ3v) is 3.00. The van der Waals surface area contributed by atoms with Crippen molar-refractivity contribution in [2.45, 2.75) is 40.2 Å². The first-order valence-electron chi connectivity index (χ1n) is 6.24. The van der Waals surface area contributed by atoms with Crippen molar-refractivity contribution in [2.24, 2.45) is 0 Å². The Kier molecular flexibility index (Phi) is 3.65. The Labute approximate surface area is 107 Å². The molecular formula is C14H19N3O. The highest BCUT2D eigenvalue weighted by molar-refractivity contribution is 5.39. The van der Waals surface area contributed by atoms with Crippen LogP contribution in [0.5, 0.6) is 0 Å². The number of rotatable bonds is 4. The van der Waals surface area contributed by atoms with Gasteiger partial charge in [0.1, 0.15) is 23.7 Å². The molecule has 0 radical (unpaired) electrons. The van der Waals surface area contributed by atoms with Crippen LogP contribution in [-0.2, 0) is 6.42 Å². The van der Waals surface area contributed by atoms with E-state index in [0.29, 0.717) is 0 Å². The van der Waals surface area contributed by atoms with Gasteiger partial charge >= 0.3 is 0 Å². The molecule has 0 aliphatic heterocycles. The fraction of sp³-hybridized carbons (Fsp3) is 0.429. The number of hydrogen-bond acceptors (Lipinski definition) is 4. The number of furan rings is 1. The topological polar surface area (TPSA) is 51.0 Å². The van der Waals surface area contributed by atoms with Gasteiger partial charge in [-0.3, -0.25) is 0 Å². The quantitative estimate of drug-likeness (QED) is 0.896. The Balaban J connectivity index is 2.15. The molecule has 0 saturated heterocycles. The summed E-state index contributed by atoms with van der Waals surface area (Å²) in [4.78, 5) is 8.43. The van der Waals surface area contributed by atoms with E-state index in [1.807, 2.05) is 19.9 Å². The van der Waals surface area contributed by atoms with Crippen LogP contribution in [0.3, 0.4) is 0 Å². The van der Waals surface area contributed by atoms with Gasteiger partial charge in [-0.1, -0.05) is 6.92 Å². The molecule has 96 valence electrons. The number of nitrogens with one attached hydrogen (secondary N) is 1. The highest BCUT2D eigenvalue weighted by Gasteiger charge is 2.13. The molecule has 1 unspecified atom stereocenters. The van der Waals surface area contributed by atoms with Crippen molar-refractivity contribution in [3.8, 4) is 0 Å². The van der Waals surface area contributed by atoms with E-state index in [2.05, 4.69) is 35.2 Å². The molecule has 2 aromatic heterocycles. The van der Waals surface area contributed by atoms with E-state index in [9.17, 15) is 0 Å². The maximum Gasteiger partial charge on any atom is 0.130 e. The zero-order valence-corrected chi connectivity index (χ0v) is 11.3. The first kappa shape index (κ1) is 12.6. The summed E-state index contributed by atoms with van der Waals surface area (Å²) in [5.41, 5.74) is 2.21. The maximum atomic E-state index is 5.55. The van der Waals surface area contributed by atoms with Crippen molar-refractivity contribution < 1.29 is 4.42 Å². The molecule has 0 saturated carbocycles. The summed E-state index contributed by atoms with van der Waals surface area (Å²) in [5, 5.41) is 3.38. The van der Waals surface area contributed by atoms with Gasteiger partial charge in [0.05, 0.1) is 6.04 Å². The number of aryl methyl sites for hydroxylation is 3. The van der Waals surface area contributed by atoms with E-state index in [-0.39, 0.29) is 6.04 Å². The van der Waals surface area contributed by atoms with E-state index in [1.165, 1.54) is 5.56 Å². The highest BCUT2D eigenvalue weighted by Crippen LogP contribution is 2.24. The first-order chi connectivity index (χ1) is 8.60. The monoisotopic (exact) mass is 245 g/mol. The Morgan fingerprint density at radius 3 is 2.67 bits per heavy atom. The Morgan fingerprint density at radius 2 is 2.06 bits per heavy atom. The van der Waals surface area contributed by atoms with Gasteiger partial charge in [-0.15, -0.1) is 0 Å². The fourth-order valence-corrected chi connectivity index (χ4v) is 2.05. The van der Waals surface area contributed by atoms with Crippen LogP contribution in [0.25, 0.3) is 0 Å². The second-order valence-electron chi connectivity index (χ2n) is 4.48. The average molecular weight is 245 g/mol. The lowest BCUT2D eigenvalue weighted by atomic mass is 10.1. The molecule has 0 aliphatic carbocycles. The van der Waals surface area contributed by atoms with Crippen LogP contribution in [-0.4, -0.2) is 9.97 Å². The van der Waals surface area contributed by atoms with Gasteiger partial charge in [0.2, 0.25) is 0 Å². The summed E-state index contributed by atoms with van der Waals surface area (Å²) in [6, 6.07) is 4.22. The molecule has 0 bridgehead atoms. The molecule has 1 atom stereocenters. The van der Waals surface area contributed by atoms with Crippen molar-refractivity contribution in [1.29, 1.82) is 0 Å². The number of nitrogens with zero attached hydrogens (tertiary/aromatic N) is 2. The molecular weight excluding hydrogens is 226 g/mol. The lowest BCUT2D eigenvalue weighted by molar-refractivity contribution is 0.500. The molecule has 2 aromatic rings. The largest absolute Gasteiger partial charge is 0.466 e. The van der Waals surface area contributed by atoms with Crippen LogP contribution in [0.2, 0.25) is 0 Å². The lowest BCUT2D eigenvalue weighted by Gasteiger charge is -2.14. The van der Waals surface area contributed by atoms with E-state index < -0.39 is 0 Å². The van der Waals surface area contributed by atoms with Gasteiger partial charge in [-0.2, -0.15) is 0 Å². The molecule has 4 nitrogen and oxygen atoms in total. The Morgan fingerprint density at radius 1 is 1.28 bits per heavy atom. The van der Waals surface area contributed by atoms with Gasteiger partial charge in [-0.05, 0) is 33.3 Å². The molecule has 1 N–H and O–H groups in total. The van der Waals surface area contributed by atoms with E-state index in [0.717, 1.165) is 29.5 Å². The van der Waals surface area contributed by atoms with Gasteiger partial charge in [-0.25, -0.2) is 9.97 Å². The zero-order chi connectivity index (χ0) is 13.1. The zero-order valence-electron chi connectivity index (χ0n) is 11.3. The lowest BCUT2D eigenvalue weighted by Crippen LogP contribution is -2.08. The molecule has 2 heterocycles. The van der Waals surface area contributed by atoms with Gasteiger partial charge in [0.15, 0.2) is 0 Å². The molecule has 4 heteroatoms. The molecule has 2 rings (SSSR count). The van der Waals surface area contributed by atoms with Crippen LogP contribution < -0.4 is 5.32 Å². The van der Waals surface area contributed by atoms with E-state index >= 15 is 0 Å². The van der Waals surface area contributed by atoms with Crippen molar-refractivity contribution in [2.75, 3.05) is 5.32 Å². The standard InChI is InChI=1S/C14H19N3O/c1-5-12-7-14(16-8-15-12)17-10(3)13-6-9(2)18-11(13)4/h6-8,10H,5H2,1-4H3,(H,15,16,17). The molecule has 0 spiro atoms. The van der Waals surface area contributed by atoms with Crippen molar-refractivity contribution >= 4 is 5.82 Å².